The highest BCUT2D eigenvalue weighted by molar-refractivity contribution is 5.88. The van der Waals surface area contributed by atoms with Gasteiger partial charge in [-0.3, -0.25) is 4.99 Å². The van der Waals surface area contributed by atoms with Crippen LogP contribution in [0.4, 0.5) is 5.69 Å². The van der Waals surface area contributed by atoms with Crippen molar-refractivity contribution in [2.24, 2.45) is 4.99 Å². The standard InChI is InChI=1S/C26H18N2O3/c29-26(30)19-9-13-22(14-10-19)28-15-3-5-23(28)17-27-21-11-7-18(8-12-21)25-16-20-4-1-2-6-24(20)31-25/h1-17H,(H,29,30). The minimum absolute atomic E-state index is 0.260. The fourth-order valence-electron chi connectivity index (χ4n) is 3.48. The molecule has 31 heavy (non-hydrogen) atoms. The normalized spacial score (nSPS) is 11.4. The molecule has 5 nitrogen and oxygen atoms in total. The topological polar surface area (TPSA) is 67.7 Å². The van der Waals surface area contributed by atoms with Crippen LogP contribution < -0.4 is 0 Å². The maximum Gasteiger partial charge on any atom is 0.335 e. The third-order valence-electron chi connectivity index (χ3n) is 5.10. The van der Waals surface area contributed by atoms with Crippen molar-refractivity contribution >= 4 is 28.8 Å². The van der Waals surface area contributed by atoms with Crippen molar-refractivity contribution in [2.75, 3.05) is 0 Å². The lowest BCUT2D eigenvalue weighted by atomic mass is 10.1. The number of hydrogen-bond acceptors (Lipinski definition) is 3. The lowest BCUT2D eigenvalue weighted by Gasteiger charge is -2.06. The minimum atomic E-state index is -0.938. The second-order valence-electron chi connectivity index (χ2n) is 7.11. The summed E-state index contributed by atoms with van der Waals surface area (Å²) < 4.78 is 7.88. The molecule has 150 valence electrons. The monoisotopic (exact) mass is 406 g/mol. The zero-order valence-electron chi connectivity index (χ0n) is 16.5. The molecule has 5 rings (SSSR count). The second-order valence-corrected chi connectivity index (χ2v) is 7.11. The van der Waals surface area contributed by atoms with Gasteiger partial charge in [-0.05, 0) is 72.8 Å². The van der Waals surface area contributed by atoms with E-state index < -0.39 is 5.97 Å². The Morgan fingerprint density at radius 3 is 2.42 bits per heavy atom. The van der Waals surface area contributed by atoms with Crippen LogP contribution in [0.15, 0.2) is 107 Å². The summed E-state index contributed by atoms with van der Waals surface area (Å²) in [6.07, 6.45) is 3.71. The zero-order valence-corrected chi connectivity index (χ0v) is 16.5. The number of aliphatic imine (C=N–C) groups is 1. The second kappa shape index (κ2) is 7.80. The highest BCUT2D eigenvalue weighted by atomic mass is 16.4. The number of carboxylic acid groups (broad SMARTS) is 1. The van der Waals surface area contributed by atoms with Gasteiger partial charge in [-0.2, -0.15) is 0 Å². The molecule has 1 N–H and O–H groups in total. The number of benzene rings is 3. The van der Waals surface area contributed by atoms with Gasteiger partial charge in [0.25, 0.3) is 0 Å². The van der Waals surface area contributed by atoms with Crippen LogP contribution >= 0.6 is 0 Å². The lowest BCUT2D eigenvalue weighted by molar-refractivity contribution is 0.0697. The number of aromatic carboxylic acids is 1. The molecule has 0 amide bonds. The van der Waals surface area contributed by atoms with Crippen molar-refractivity contribution in [2.45, 2.75) is 0 Å². The van der Waals surface area contributed by atoms with Crippen LogP contribution in [-0.4, -0.2) is 21.9 Å². The largest absolute Gasteiger partial charge is 0.478 e. The highest BCUT2D eigenvalue weighted by Gasteiger charge is 2.07. The van der Waals surface area contributed by atoms with Gasteiger partial charge in [0.15, 0.2) is 0 Å². The summed E-state index contributed by atoms with van der Waals surface area (Å²) in [5, 5.41) is 10.1. The van der Waals surface area contributed by atoms with Crippen LogP contribution in [0.25, 0.3) is 28.0 Å². The Bertz CT molecular complexity index is 1360. The van der Waals surface area contributed by atoms with Crippen molar-refractivity contribution in [1.29, 1.82) is 0 Å². The number of carbonyl (C=O) groups is 1. The number of furan rings is 1. The van der Waals surface area contributed by atoms with Crippen LogP contribution in [0.5, 0.6) is 0 Å². The van der Waals surface area contributed by atoms with Crippen molar-refractivity contribution < 1.29 is 14.3 Å². The molecule has 0 atom stereocenters. The van der Waals surface area contributed by atoms with Crippen molar-refractivity contribution in [1.82, 2.24) is 4.57 Å². The first-order valence-corrected chi connectivity index (χ1v) is 9.81. The van der Waals surface area contributed by atoms with Crippen LogP contribution in [0, 0.1) is 0 Å². The van der Waals surface area contributed by atoms with E-state index in [9.17, 15) is 4.79 Å². The van der Waals surface area contributed by atoms with E-state index in [1.165, 1.54) is 0 Å². The van der Waals surface area contributed by atoms with E-state index in [0.29, 0.717) is 0 Å². The summed E-state index contributed by atoms with van der Waals surface area (Å²) in [4.78, 5) is 15.6. The molecule has 3 aromatic carbocycles. The van der Waals surface area contributed by atoms with E-state index in [-0.39, 0.29) is 5.56 Å². The van der Waals surface area contributed by atoms with Crippen LogP contribution in [-0.2, 0) is 0 Å². The number of hydrogen-bond donors (Lipinski definition) is 1. The molecule has 0 saturated heterocycles. The predicted octanol–water partition coefficient (Wildman–Crippen LogP) is 6.34. The van der Waals surface area contributed by atoms with Gasteiger partial charge in [-0.25, -0.2) is 4.79 Å². The van der Waals surface area contributed by atoms with Crippen molar-refractivity contribution in [3.63, 3.8) is 0 Å². The average Bonchev–Trinajstić information content (AvgIpc) is 3.45. The van der Waals surface area contributed by atoms with Crippen LogP contribution in [0.3, 0.4) is 0 Å². The minimum Gasteiger partial charge on any atom is -0.478 e. The number of para-hydroxylation sites is 1. The molecule has 2 aromatic heterocycles. The first-order chi connectivity index (χ1) is 15.2. The number of rotatable bonds is 5. The number of carboxylic acids is 1. The fourth-order valence-corrected chi connectivity index (χ4v) is 3.48. The van der Waals surface area contributed by atoms with Crippen LogP contribution in [0.1, 0.15) is 16.1 Å². The van der Waals surface area contributed by atoms with Gasteiger partial charge >= 0.3 is 5.97 Å². The van der Waals surface area contributed by atoms with E-state index in [1.807, 2.05) is 77.5 Å². The van der Waals surface area contributed by atoms with Gasteiger partial charge in [0.1, 0.15) is 11.3 Å². The molecule has 0 bridgehead atoms. The Balaban J connectivity index is 1.36. The number of fused-ring (bicyclic) bond motifs is 1. The molecular formula is C26H18N2O3. The molecule has 0 aliphatic rings. The molecule has 0 aliphatic carbocycles. The summed E-state index contributed by atoms with van der Waals surface area (Å²) >= 11 is 0. The molecule has 2 heterocycles. The Morgan fingerprint density at radius 2 is 1.68 bits per heavy atom. The van der Waals surface area contributed by atoms with E-state index in [1.54, 1.807) is 30.5 Å². The van der Waals surface area contributed by atoms with Gasteiger partial charge in [0.2, 0.25) is 0 Å². The molecule has 5 heteroatoms. The quantitative estimate of drug-likeness (QED) is 0.346. The van der Waals surface area contributed by atoms with Gasteiger partial charge < -0.3 is 14.1 Å². The van der Waals surface area contributed by atoms with E-state index >= 15 is 0 Å². The molecule has 0 spiro atoms. The molecule has 5 aromatic rings. The summed E-state index contributed by atoms with van der Waals surface area (Å²) in [6, 6.07) is 28.5. The summed E-state index contributed by atoms with van der Waals surface area (Å²) in [5.74, 6) is -0.109. The van der Waals surface area contributed by atoms with Gasteiger partial charge in [0.05, 0.1) is 23.2 Å². The fraction of sp³-hybridized carbons (Fsp3) is 0. The predicted molar refractivity (Wildman–Crippen MR) is 122 cm³/mol. The van der Waals surface area contributed by atoms with Crippen molar-refractivity contribution in [3.05, 3.63) is 108 Å². The van der Waals surface area contributed by atoms with E-state index in [2.05, 4.69) is 4.99 Å². The summed E-state index contributed by atoms with van der Waals surface area (Å²) in [6.45, 7) is 0. The SMILES string of the molecule is O=C(O)c1ccc(-n2cccc2C=Nc2ccc(-c3cc4ccccc4o3)cc2)cc1. The average molecular weight is 406 g/mol. The lowest BCUT2D eigenvalue weighted by Crippen LogP contribution is -2.00. The molecular weight excluding hydrogens is 388 g/mol. The molecule has 0 saturated carbocycles. The first kappa shape index (κ1) is 18.6. The summed E-state index contributed by atoms with van der Waals surface area (Å²) in [5.41, 5.74) is 4.72. The van der Waals surface area contributed by atoms with E-state index in [0.717, 1.165) is 39.4 Å². The van der Waals surface area contributed by atoms with Gasteiger partial charge in [-0.1, -0.05) is 18.2 Å². The summed E-state index contributed by atoms with van der Waals surface area (Å²) in [7, 11) is 0. The third kappa shape index (κ3) is 3.76. The molecule has 0 unspecified atom stereocenters. The third-order valence-corrected chi connectivity index (χ3v) is 5.10. The molecule has 0 radical (unpaired) electrons. The smallest absolute Gasteiger partial charge is 0.335 e. The number of aromatic nitrogens is 1. The Kier molecular flexibility index (Phi) is 4.69. The van der Waals surface area contributed by atoms with Gasteiger partial charge in [0, 0.05) is 22.8 Å². The Morgan fingerprint density at radius 1 is 0.903 bits per heavy atom. The van der Waals surface area contributed by atoms with Crippen LogP contribution in [0.2, 0.25) is 0 Å². The van der Waals surface area contributed by atoms with Crippen molar-refractivity contribution in [3.8, 4) is 17.0 Å². The Labute approximate surface area is 178 Å². The Hall–Kier alpha value is -4.38. The number of nitrogens with zero attached hydrogens (tertiary/aromatic N) is 2. The first-order valence-electron chi connectivity index (χ1n) is 9.81. The highest BCUT2D eigenvalue weighted by Crippen LogP contribution is 2.29. The maximum atomic E-state index is 11.1. The van der Waals surface area contributed by atoms with E-state index in [4.69, 9.17) is 9.52 Å². The molecule has 0 aliphatic heterocycles. The molecule has 0 fully saturated rings. The maximum absolute atomic E-state index is 11.1. The van der Waals surface area contributed by atoms with Gasteiger partial charge in [-0.15, -0.1) is 0 Å². The zero-order chi connectivity index (χ0) is 21.2.